The number of pyridine rings is 1. The van der Waals surface area contributed by atoms with Crippen LogP contribution in [-0.4, -0.2) is 54.2 Å². The van der Waals surface area contributed by atoms with E-state index in [-0.39, 0.29) is 5.56 Å². The van der Waals surface area contributed by atoms with Gasteiger partial charge in [0.05, 0.1) is 24.9 Å². The van der Waals surface area contributed by atoms with Crippen LogP contribution in [0.3, 0.4) is 0 Å². The first-order valence-corrected chi connectivity index (χ1v) is 10.2. The average molecular weight is 425 g/mol. The average Bonchev–Trinajstić information content (AvgIpc) is 2.72. The molecule has 7 heteroatoms. The predicted octanol–water partition coefficient (Wildman–Crippen LogP) is 3.61. The zero-order chi connectivity index (χ0) is 21.7. The fourth-order valence-electron chi connectivity index (χ4n) is 3.27. The molecule has 0 bridgehead atoms. The second kappa shape index (κ2) is 9.73. The van der Waals surface area contributed by atoms with Crippen molar-refractivity contribution in [2.24, 2.45) is 0 Å². The maximum absolute atomic E-state index is 12.8. The number of methoxy groups -OCH3 is 1. The van der Waals surface area contributed by atoms with Crippen molar-refractivity contribution in [1.29, 1.82) is 0 Å². The maximum Gasteiger partial charge on any atom is 0.253 e. The van der Waals surface area contributed by atoms with E-state index in [0.29, 0.717) is 29.5 Å². The summed E-state index contributed by atoms with van der Waals surface area (Å²) in [6.45, 7) is 3.89. The molecule has 0 atom stereocenters. The molecule has 0 aliphatic heterocycles. The molecule has 0 spiro atoms. The van der Waals surface area contributed by atoms with Crippen LogP contribution in [0.1, 0.15) is 11.1 Å². The minimum atomic E-state index is -0.0910. The summed E-state index contributed by atoms with van der Waals surface area (Å²) in [5, 5.41) is 4.83. The van der Waals surface area contributed by atoms with Crippen molar-refractivity contribution >= 4 is 33.9 Å². The molecular formula is C23H28N4O2S. The molecule has 0 saturated carbocycles. The summed E-state index contributed by atoms with van der Waals surface area (Å²) in [7, 11) is 5.66. The van der Waals surface area contributed by atoms with Crippen molar-refractivity contribution in [3.05, 3.63) is 70.0 Å². The second-order valence-electron chi connectivity index (χ2n) is 7.52. The number of nitrogens with one attached hydrogen (secondary N) is 2. The van der Waals surface area contributed by atoms with Gasteiger partial charge in [-0.1, -0.05) is 30.3 Å². The zero-order valence-corrected chi connectivity index (χ0v) is 18.7. The van der Waals surface area contributed by atoms with E-state index in [2.05, 4.69) is 15.2 Å². The van der Waals surface area contributed by atoms with Gasteiger partial charge in [-0.2, -0.15) is 0 Å². The molecule has 0 aliphatic rings. The van der Waals surface area contributed by atoms with Crippen LogP contribution >= 0.6 is 12.2 Å². The van der Waals surface area contributed by atoms with Gasteiger partial charge in [0.25, 0.3) is 5.56 Å². The number of thiocarbonyl (C=S) groups is 1. The van der Waals surface area contributed by atoms with E-state index in [4.69, 9.17) is 17.0 Å². The van der Waals surface area contributed by atoms with Gasteiger partial charge in [-0.15, -0.1) is 0 Å². The lowest BCUT2D eigenvalue weighted by molar-refractivity contribution is 0.327. The zero-order valence-electron chi connectivity index (χ0n) is 17.9. The number of aryl methyl sites for hydroxylation is 1. The SMILES string of the molecule is COc1ccccc1NC(=S)N(CCN(C)C)Cc1cc2cccc(C)c2[nH]c1=O. The molecule has 0 saturated heterocycles. The summed E-state index contributed by atoms with van der Waals surface area (Å²) in [5.74, 6) is 0.714. The Morgan fingerprint density at radius 2 is 1.90 bits per heavy atom. The van der Waals surface area contributed by atoms with Crippen LogP contribution in [0, 0.1) is 6.92 Å². The molecule has 6 nitrogen and oxygen atoms in total. The first kappa shape index (κ1) is 21.8. The number of benzene rings is 2. The Kier molecular flexibility index (Phi) is 7.07. The molecule has 0 amide bonds. The largest absolute Gasteiger partial charge is 0.495 e. The number of aromatic nitrogens is 1. The van der Waals surface area contributed by atoms with Gasteiger partial charge in [-0.05, 0) is 62.4 Å². The lowest BCUT2D eigenvalue weighted by atomic mass is 10.1. The Bertz CT molecular complexity index is 1090. The lowest BCUT2D eigenvalue weighted by Crippen LogP contribution is -2.40. The lowest BCUT2D eigenvalue weighted by Gasteiger charge is -2.27. The Hall–Kier alpha value is -2.90. The van der Waals surface area contributed by atoms with Crippen LogP contribution in [-0.2, 0) is 6.54 Å². The van der Waals surface area contributed by atoms with Gasteiger partial charge in [-0.3, -0.25) is 4.79 Å². The second-order valence-corrected chi connectivity index (χ2v) is 7.90. The maximum atomic E-state index is 12.8. The Morgan fingerprint density at radius 3 is 2.63 bits per heavy atom. The summed E-state index contributed by atoms with van der Waals surface area (Å²) in [6, 6.07) is 15.6. The molecule has 3 rings (SSSR count). The van der Waals surface area contributed by atoms with E-state index in [9.17, 15) is 4.79 Å². The van der Waals surface area contributed by atoms with Crippen molar-refractivity contribution in [2.45, 2.75) is 13.5 Å². The van der Waals surface area contributed by atoms with Gasteiger partial charge in [0.2, 0.25) is 0 Å². The van der Waals surface area contributed by atoms with E-state index in [1.807, 2.05) is 74.4 Å². The highest BCUT2D eigenvalue weighted by Crippen LogP contribution is 2.24. The number of rotatable bonds is 7. The van der Waals surface area contributed by atoms with Crippen molar-refractivity contribution in [3.8, 4) is 5.75 Å². The van der Waals surface area contributed by atoms with Crippen molar-refractivity contribution < 1.29 is 4.74 Å². The molecular weight excluding hydrogens is 396 g/mol. The van der Waals surface area contributed by atoms with Crippen molar-refractivity contribution in [1.82, 2.24) is 14.8 Å². The molecule has 3 aromatic rings. The molecule has 30 heavy (non-hydrogen) atoms. The van der Waals surface area contributed by atoms with Crippen LogP contribution < -0.4 is 15.6 Å². The summed E-state index contributed by atoms with van der Waals surface area (Å²) >= 11 is 5.70. The molecule has 2 aromatic carbocycles. The molecule has 1 heterocycles. The normalized spacial score (nSPS) is 11.0. The Morgan fingerprint density at radius 1 is 1.13 bits per heavy atom. The molecule has 0 aliphatic carbocycles. The van der Waals surface area contributed by atoms with E-state index < -0.39 is 0 Å². The minimum absolute atomic E-state index is 0.0910. The van der Waals surface area contributed by atoms with Gasteiger partial charge < -0.3 is 24.8 Å². The highest BCUT2D eigenvalue weighted by Gasteiger charge is 2.15. The highest BCUT2D eigenvalue weighted by atomic mass is 32.1. The number of aromatic amines is 1. The van der Waals surface area contributed by atoms with E-state index in [1.54, 1.807) is 7.11 Å². The van der Waals surface area contributed by atoms with E-state index in [0.717, 1.165) is 28.7 Å². The van der Waals surface area contributed by atoms with E-state index in [1.165, 1.54) is 0 Å². The number of hydrogen-bond donors (Lipinski definition) is 2. The predicted molar refractivity (Wildman–Crippen MR) is 127 cm³/mol. The third kappa shape index (κ3) is 5.17. The molecule has 0 fully saturated rings. The first-order chi connectivity index (χ1) is 14.4. The molecule has 0 radical (unpaired) electrons. The quantitative estimate of drug-likeness (QED) is 0.565. The van der Waals surface area contributed by atoms with Gasteiger partial charge in [0.15, 0.2) is 5.11 Å². The van der Waals surface area contributed by atoms with Crippen LogP contribution in [0.4, 0.5) is 5.69 Å². The number of ether oxygens (including phenoxy) is 1. The van der Waals surface area contributed by atoms with Crippen molar-refractivity contribution in [3.63, 3.8) is 0 Å². The summed E-state index contributed by atoms with van der Waals surface area (Å²) in [6.07, 6.45) is 0. The number of anilines is 1. The number of nitrogens with zero attached hydrogens (tertiary/aromatic N) is 2. The van der Waals surface area contributed by atoms with Crippen LogP contribution in [0.15, 0.2) is 53.3 Å². The van der Waals surface area contributed by atoms with E-state index >= 15 is 0 Å². The van der Waals surface area contributed by atoms with Crippen molar-refractivity contribution in [2.75, 3.05) is 39.6 Å². The number of H-pyrrole nitrogens is 1. The molecule has 2 N–H and O–H groups in total. The third-order valence-electron chi connectivity index (χ3n) is 4.98. The van der Waals surface area contributed by atoms with Gasteiger partial charge >= 0.3 is 0 Å². The number of hydrogen-bond acceptors (Lipinski definition) is 4. The highest BCUT2D eigenvalue weighted by molar-refractivity contribution is 7.80. The minimum Gasteiger partial charge on any atom is -0.495 e. The first-order valence-electron chi connectivity index (χ1n) is 9.84. The Balaban J connectivity index is 1.88. The standard InChI is InChI=1S/C23H28N4O2S/c1-16-8-7-9-17-14-18(22(28)25-21(16)17)15-27(13-12-26(2)3)23(30)24-19-10-5-6-11-20(19)29-4/h5-11,14H,12-13,15H2,1-4H3,(H,24,30)(H,25,28). The summed E-state index contributed by atoms with van der Waals surface area (Å²) < 4.78 is 5.42. The smallest absolute Gasteiger partial charge is 0.253 e. The topological polar surface area (TPSA) is 60.6 Å². The van der Waals surface area contributed by atoms with Crippen LogP contribution in [0.25, 0.3) is 10.9 Å². The van der Waals surface area contributed by atoms with Gasteiger partial charge in [-0.25, -0.2) is 0 Å². The summed E-state index contributed by atoms with van der Waals surface area (Å²) in [4.78, 5) is 19.9. The molecule has 158 valence electrons. The number of para-hydroxylation sites is 3. The third-order valence-corrected chi connectivity index (χ3v) is 5.34. The van der Waals surface area contributed by atoms with Gasteiger partial charge in [0.1, 0.15) is 5.75 Å². The fraction of sp³-hybridized carbons (Fsp3) is 0.304. The number of fused-ring (bicyclic) bond motifs is 1. The van der Waals surface area contributed by atoms with Crippen LogP contribution in [0.2, 0.25) is 0 Å². The van der Waals surface area contributed by atoms with Gasteiger partial charge in [0, 0.05) is 18.7 Å². The molecule has 0 unspecified atom stereocenters. The molecule has 1 aromatic heterocycles. The van der Waals surface area contributed by atoms with Crippen LogP contribution in [0.5, 0.6) is 5.75 Å². The number of likely N-dealkylation sites (N-methyl/N-ethyl adjacent to an activating group) is 1. The monoisotopic (exact) mass is 424 g/mol. The summed E-state index contributed by atoms with van der Waals surface area (Å²) in [5.41, 5.74) is 3.31. The Labute approximate surface area is 182 Å². The fourth-order valence-corrected chi connectivity index (χ4v) is 3.53.